The van der Waals surface area contributed by atoms with Gasteiger partial charge in [0.25, 0.3) is 0 Å². The molecule has 0 radical (unpaired) electrons. The number of likely N-dealkylation sites (tertiary alicyclic amines) is 1. The van der Waals surface area contributed by atoms with Crippen LogP contribution in [0, 0.1) is 5.92 Å². The number of piperidine rings is 1. The van der Waals surface area contributed by atoms with Gasteiger partial charge in [0.05, 0.1) is 5.92 Å². The van der Waals surface area contributed by atoms with E-state index in [4.69, 9.17) is 5.11 Å². The van der Waals surface area contributed by atoms with Gasteiger partial charge in [-0.1, -0.05) is 0 Å². The molecular formula is C15H26N2O4. The molecule has 0 aromatic carbocycles. The van der Waals surface area contributed by atoms with Crippen molar-refractivity contribution >= 4 is 17.8 Å². The molecule has 1 saturated heterocycles. The van der Waals surface area contributed by atoms with Gasteiger partial charge < -0.3 is 15.3 Å². The molecular weight excluding hydrogens is 272 g/mol. The highest BCUT2D eigenvalue weighted by Gasteiger charge is 2.32. The van der Waals surface area contributed by atoms with E-state index in [0.29, 0.717) is 25.7 Å². The summed E-state index contributed by atoms with van der Waals surface area (Å²) in [6, 6.07) is 0.184. The molecule has 2 amide bonds. The Morgan fingerprint density at radius 1 is 1.24 bits per heavy atom. The molecule has 6 nitrogen and oxygen atoms in total. The van der Waals surface area contributed by atoms with Gasteiger partial charge in [0.15, 0.2) is 0 Å². The van der Waals surface area contributed by atoms with Gasteiger partial charge in [-0.05, 0) is 40.0 Å². The molecule has 6 heteroatoms. The maximum Gasteiger partial charge on any atom is 0.308 e. The molecule has 1 heterocycles. The van der Waals surface area contributed by atoms with Crippen molar-refractivity contribution in [3.63, 3.8) is 0 Å². The second-order valence-corrected chi connectivity index (χ2v) is 6.08. The van der Waals surface area contributed by atoms with Crippen LogP contribution in [0.1, 0.15) is 52.9 Å². The minimum absolute atomic E-state index is 0.0482. The summed E-state index contributed by atoms with van der Waals surface area (Å²) < 4.78 is 0. The van der Waals surface area contributed by atoms with Crippen LogP contribution >= 0.6 is 0 Å². The zero-order valence-electron chi connectivity index (χ0n) is 13.1. The van der Waals surface area contributed by atoms with Crippen molar-refractivity contribution in [2.75, 3.05) is 6.54 Å². The lowest BCUT2D eigenvalue weighted by Gasteiger charge is -2.36. The van der Waals surface area contributed by atoms with Crippen LogP contribution in [0.3, 0.4) is 0 Å². The van der Waals surface area contributed by atoms with E-state index in [2.05, 4.69) is 5.32 Å². The zero-order valence-corrected chi connectivity index (χ0v) is 13.1. The van der Waals surface area contributed by atoms with Gasteiger partial charge in [0.1, 0.15) is 0 Å². The molecule has 0 aromatic heterocycles. The maximum absolute atomic E-state index is 12.2. The molecule has 1 aliphatic heterocycles. The average molecular weight is 298 g/mol. The summed E-state index contributed by atoms with van der Waals surface area (Å²) in [7, 11) is 0. The number of amides is 2. The van der Waals surface area contributed by atoms with E-state index in [9.17, 15) is 14.4 Å². The van der Waals surface area contributed by atoms with Gasteiger partial charge in [0.2, 0.25) is 11.8 Å². The molecule has 2 N–H and O–H groups in total. The predicted molar refractivity (Wildman–Crippen MR) is 78.7 cm³/mol. The van der Waals surface area contributed by atoms with Crippen LogP contribution in [0.15, 0.2) is 0 Å². The second kappa shape index (κ2) is 8.00. The van der Waals surface area contributed by atoms with Crippen molar-refractivity contribution < 1.29 is 19.5 Å². The first-order valence-electron chi connectivity index (χ1n) is 7.63. The first-order valence-corrected chi connectivity index (χ1v) is 7.63. The quantitative estimate of drug-likeness (QED) is 0.776. The van der Waals surface area contributed by atoms with E-state index < -0.39 is 11.9 Å². The molecule has 0 aromatic rings. The Balaban J connectivity index is 2.39. The SMILES string of the molecule is CC(C)NC(=O)CCCC(=O)N1CC(C(=O)O)CCC1C. The lowest BCUT2D eigenvalue weighted by atomic mass is 9.93. The highest BCUT2D eigenvalue weighted by atomic mass is 16.4. The molecule has 0 bridgehead atoms. The summed E-state index contributed by atoms with van der Waals surface area (Å²) in [4.78, 5) is 36.4. The Morgan fingerprint density at radius 3 is 2.48 bits per heavy atom. The van der Waals surface area contributed by atoms with Gasteiger partial charge in [-0.25, -0.2) is 0 Å². The Morgan fingerprint density at radius 2 is 1.90 bits per heavy atom. The second-order valence-electron chi connectivity index (χ2n) is 6.08. The Bertz CT molecular complexity index is 395. The van der Waals surface area contributed by atoms with Gasteiger partial charge in [-0.3, -0.25) is 14.4 Å². The van der Waals surface area contributed by atoms with Crippen LogP contribution in [0.5, 0.6) is 0 Å². The standard InChI is InChI=1S/C15H26N2O4/c1-10(2)16-13(18)5-4-6-14(19)17-9-12(15(20)21)8-7-11(17)3/h10-12H,4-9H2,1-3H3,(H,16,18)(H,20,21). The number of carboxylic acids is 1. The molecule has 0 aliphatic carbocycles. The fourth-order valence-electron chi connectivity index (χ4n) is 2.59. The van der Waals surface area contributed by atoms with Gasteiger partial charge in [-0.15, -0.1) is 0 Å². The van der Waals surface area contributed by atoms with E-state index in [-0.39, 0.29) is 30.4 Å². The van der Waals surface area contributed by atoms with Gasteiger partial charge in [-0.2, -0.15) is 0 Å². The number of rotatable bonds is 6. The van der Waals surface area contributed by atoms with Crippen LogP contribution in [0.4, 0.5) is 0 Å². The number of carbonyl (C=O) groups is 3. The summed E-state index contributed by atoms with van der Waals surface area (Å²) in [5.41, 5.74) is 0. The third kappa shape index (κ3) is 5.73. The average Bonchev–Trinajstić information content (AvgIpc) is 2.37. The van der Waals surface area contributed by atoms with E-state index in [1.54, 1.807) is 4.90 Å². The van der Waals surface area contributed by atoms with Gasteiger partial charge >= 0.3 is 5.97 Å². The van der Waals surface area contributed by atoms with Crippen LogP contribution < -0.4 is 5.32 Å². The fraction of sp³-hybridized carbons (Fsp3) is 0.800. The number of carboxylic acid groups (broad SMARTS) is 1. The van der Waals surface area contributed by atoms with Gasteiger partial charge in [0, 0.05) is 31.5 Å². The predicted octanol–water partition coefficient (Wildman–Crippen LogP) is 1.39. The molecule has 0 spiro atoms. The summed E-state index contributed by atoms with van der Waals surface area (Å²) in [6.45, 7) is 6.02. The Kier molecular flexibility index (Phi) is 6.65. The number of nitrogens with zero attached hydrogens (tertiary/aromatic N) is 1. The van der Waals surface area contributed by atoms with Crippen molar-refractivity contribution in [1.29, 1.82) is 0 Å². The minimum atomic E-state index is -0.837. The highest BCUT2D eigenvalue weighted by molar-refractivity contribution is 5.80. The summed E-state index contributed by atoms with van der Waals surface area (Å²) in [5, 5.41) is 11.9. The topological polar surface area (TPSA) is 86.7 Å². The van der Waals surface area contributed by atoms with Crippen molar-refractivity contribution in [1.82, 2.24) is 10.2 Å². The maximum atomic E-state index is 12.2. The Labute approximate surface area is 125 Å². The molecule has 2 unspecified atom stereocenters. The van der Waals surface area contributed by atoms with Crippen LogP contribution in [0.2, 0.25) is 0 Å². The monoisotopic (exact) mass is 298 g/mol. The number of aliphatic carboxylic acids is 1. The zero-order chi connectivity index (χ0) is 16.0. The van der Waals surface area contributed by atoms with Crippen LogP contribution in [-0.2, 0) is 14.4 Å². The Hall–Kier alpha value is -1.59. The third-order valence-corrected chi connectivity index (χ3v) is 3.80. The molecule has 21 heavy (non-hydrogen) atoms. The van der Waals surface area contributed by atoms with E-state index in [0.717, 1.165) is 6.42 Å². The largest absolute Gasteiger partial charge is 0.481 e. The van der Waals surface area contributed by atoms with Crippen molar-refractivity contribution in [2.24, 2.45) is 5.92 Å². The minimum Gasteiger partial charge on any atom is -0.481 e. The molecule has 1 fully saturated rings. The number of carbonyl (C=O) groups excluding carboxylic acids is 2. The van der Waals surface area contributed by atoms with Crippen molar-refractivity contribution in [2.45, 2.75) is 65.0 Å². The van der Waals surface area contributed by atoms with E-state index in [1.807, 2.05) is 20.8 Å². The van der Waals surface area contributed by atoms with Crippen molar-refractivity contribution in [3.05, 3.63) is 0 Å². The highest BCUT2D eigenvalue weighted by Crippen LogP contribution is 2.23. The first kappa shape index (κ1) is 17.5. The molecule has 120 valence electrons. The molecule has 1 rings (SSSR count). The third-order valence-electron chi connectivity index (χ3n) is 3.80. The number of hydrogen-bond donors (Lipinski definition) is 2. The molecule has 2 atom stereocenters. The van der Waals surface area contributed by atoms with Crippen LogP contribution in [0.25, 0.3) is 0 Å². The van der Waals surface area contributed by atoms with Crippen LogP contribution in [-0.4, -0.2) is 46.4 Å². The summed E-state index contributed by atoms with van der Waals surface area (Å²) in [5.74, 6) is -1.40. The normalized spacial score (nSPS) is 22.2. The smallest absolute Gasteiger partial charge is 0.308 e. The van der Waals surface area contributed by atoms with E-state index in [1.165, 1.54) is 0 Å². The number of hydrogen-bond acceptors (Lipinski definition) is 3. The number of nitrogens with one attached hydrogen (secondary N) is 1. The van der Waals surface area contributed by atoms with E-state index >= 15 is 0 Å². The molecule has 0 saturated carbocycles. The molecule has 1 aliphatic rings. The fourth-order valence-corrected chi connectivity index (χ4v) is 2.59. The lowest BCUT2D eigenvalue weighted by Crippen LogP contribution is -2.47. The first-order chi connectivity index (χ1) is 9.81. The lowest BCUT2D eigenvalue weighted by molar-refractivity contribution is -0.147. The van der Waals surface area contributed by atoms with Crippen molar-refractivity contribution in [3.8, 4) is 0 Å². The summed E-state index contributed by atoms with van der Waals surface area (Å²) in [6.07, 6.45) is 2.46. The summed E-state index contributed by atoms with van der Waals surface area (Å²) >= 11 is 0.